The first kappa shape index (κ1) is 15.8. The molecule has 0 aromatic heterocycles. The minimum atomic E-state index is -0.977. The maximum atomic E-state index is 13.1. The molecule has 0 spiro atoms. The number of benzene rings is 2. The number of halogens is 1. The molecule has 0 saturated carbocycles. The Morgan fingerprint density at radius 2 is 1.86 bits per heavy atom. The highest BCUT2D eigenvalue weighted by Gasteiger charge is 2.15. The van der Waals surface area contributed by atoms with Crippen LogP contribution in [0.4, 0.5) is 4.39 Å². The van der Waals surface area contributed by atoms with E-state index in [1.807, 2.05) is 24.3 Å². The lowest BCUT2D eigenvalue weighted by Crippen LogP contribution is -2.03. The highest BCUT2D eigenvalue weighted by atomic mass is 19.1. The van der Waals surface area contributed by atoms with E-state index in [-0.39, 0.29) is 17.3 Å². The zero-order valence-corrected chi connectivity index (χ0v) is 12.4. The van der Waals surface area contributed by atoms with Gasteiger partial charge >= 0.3 is 5.97 Å². The molecule has 0 amide bonds. The summed E-state index contributed by atoms with van der Waals surface area (Å²) in [5.74, 6) is -0.903. The fourth-order valence-corrected chi connectivity index (χ4v) is 2.21. The lowest BCUT2D eigenvalue weighted by atomic mass is 9.89. The highest BCUT2D eigenvalue weighted by Crippen LogP contribution is 2.29. The molecule has 3 nitrogen and oxygen atoms in total. The molecule has 0 heterocycles. The van der Waals surface area contributed by atoms with E-state index in [0.29, 0.717) is 5.75 Å². The average Bonchev–Trinajstić information content (AvgIpc) is 2.53. The van der Waals surface area contributed by atoms with Gasteiger partial charge in [0, 0.05) is 11.5 Å². The third kappa shape index (κ3) is 3.73. The van der Waals surface area contributed by atoms with Gasteiger partial charge in [-0.2, -0.15) is 0 Å². The normalized spacial score (nSPS) is 12.8. The molecule has 4 heteroatoms. The second-order valence-corrected chi connectivity index (χ2v) is 4.96. The zero-order valence-electron chi connectivity index (χ0n) is 12.4. The quantitative estimate of drug-likeness (QED) is 0.849. The SMILES string of the molecule is COc1cccc(C(/C=C(\C)C(=O)O)c2ccc(F)cc2)c1. The van der Waals surface area contributed by atoms with Gasteiger partial charge in [0.1, 0.15) is 11.6 Å². The van der Waals surface area contributed by atoms with Crippen LogP contribution in [0.15, 0.2) is 60.2 Å². The number of hydrogen-bond donors (Lipinski definition) is 1. The van der Waals surface area contributed by atoms with Crippen LogP contribution >= 0.6 is 0 Å². The van der Waals surface area contributed by atoms with Crippen LogP contribution in [-0.4, -0.2) is 18.2 Å². The lowest BCUT2D eigenvalue weighted by molar-refractivity contribution is -0.132. The Morgan fingerprint density at radius 1 is 1.18 bits per heavy atom. The van der Waals surface area contributed by atoms with Crippen LogP contribution in [0.25, 0.3) is 0 Å². The van der Waals surface area contributed by atoms with Crippen molar-refractivity contribution in [2.45, 2.75) is 12.8 Å². The molecule has 0 fully saturated rings. The Kier molecular flexibility index (Phi) is 4.94. The Hall–Kier alpha value is -2.62. The molecule has 0 saturated heterocycles. The smallest absolute Gasteiger partial charge is 0.330 e. The van der Waals surface area contributed by atoms with Gasteiger partial charge in [-0.05, 0) is 42.3 Å². The van der Waals surface area contributed by atoms with Crippen molar-refractivity contribution in [3.8, 4) is 5.75 Å². The van der Waals surface area contributed by atoms with Crippen molar-refractivity contribution in [1.29, 1.82) is 0 Å². The molecule has 0 aliphatic carbocycles. The molecule has 2 aromatic rings. The van der Waals surface area contributed by atoms with Gasteiger partial charge in [0.05, 0.1) is 7.11 Å². The molecule has 2 rings (SSSR count). The molecule has 0 aliphatic heterocycles. The summed E-state index contributed by atoms with van der Waals surface area (Å²) in [5, 5.41) is 9.12. The summed E-state index contributed by atoms with van der Waals surface area (Å²) in [7, 11) is 1.57. The third-order valence-electron chi connectivity index (χ3n) is 3.44. The van der Waals surface area contributed by atoms with Crippen LogP contribution in [0, 0.1) is 5.82 Å². The molecule has 22 heavy (non-hydrogen) atoms. The maximum absolute atomic E-state index is 13.1. The first-order valence-electron chi connectivity index (χ1n) is 6.82. The van der Waals surface area contributed by atoms with Crippen LogP contribution in [0.5, 0.6) is 5.75 Å². The average molecular weight is 300 g/mol. The van der Waals surface area contributed by atoms with Gasteiger partial charge < -0.3 is 9.84 Å². The van der Waals surface area contributed by atoms with Gasteiger partial charge in [-0.1, -0.05) is 30.3 Å². The first-order chi connectivity index (χ1) is 10.5. The summed E-state index contributed by atoms with van der Waals surface area (Å²) in [6, 6.07) is 13.4. The number of rotatable bonds is 5. The molecular weight excluding hydrogens is 283 g/mol. The second-order valence-electron chi connectivity index (χ2n) is 4.96. The summed E-state index contributed by atoms with van der Waals surface area (Å²) in [5.41, 5.74) is 1.93. The van der Waals surface area contributed by atoms with Gasteiger partial charge in [-0.3, -0.25) is 0 Å². The zero-order chi connectivity index (χ0) is 16.1. The van der Waals surface area contributed by atoms with E-state index in [0.717, 1.165) is 11.1 Å². The van der Waals surface area contributed by atoms with Gasteiger partial charge in [0.15, 0.2) is 0 Å². The molecule has 0 bridgehead atoms. The van der Waals surface area contributed by atoms with Crippen LogP contribution in [0.3, 0.4) is 0 Å². The molecule has 1 unspecified atom stereocenters. The Balaban J connectivity index is 2.51. The van der Waals surface area contributed by atoms with Crippen molar-refractivity contribution in [1.82, 2.24) is 0 Å². The Morgan fingerprint density at radius 3 is 2.45 bits per heavy atom. The molecule has 0 aliphatic rings. The van der Waals surface area contributed by atoms with Crippen molar-refractivity contribution in [2.24, 2.45) is 0 Å². The predicted molar refractivity (Wildman–Crippen MR) is 82.6 cm³/mol. The monoisotopic (exact) mass is 300 g/mol. The largest absolute Gasteiger partial charge is 0.497 e. The number of aliphatic carboxylic acids is 1. The summed E-state index contributed by atoms with van der Waals surface area (Å²) in [4.78, 5) is 11.1. The Bertz CT molecular complexity index is 690. The minimum Gasteiger partial charge on any atom is -0.497 e. The van der Waals surface area contributed by atoms with E-state index in [4.69, 9.17) is 9.84 Å². The highest BCUT2D eigenvalue weighted by molar-refractivity contribution is 5.86. The van der Waals surface area contributed by atoms with Gasteiger partial charge in [-0.25, -0.2) is 9.18 Å². The number of hydrogen-bond acceptors (Lipinski definition) is 2. The van der Waals surface area contributed by atoms with E-state index in [2.05, 4.69) is 0 Å². The van der Waals surface area contributed by atoms with Crippen molar-refractivity contribution in [3.63, 3.8) is 0 Å². The van der Waals surface area contributed by atoms with Gasteiger partial charge in [-0.15, -0.1) is 0 Å². The summed E-state index contributed by atoms with van der Waals surface area (Å²) >= 11 is 0. The number of carbonyl (C=O) groups is 1. The summed E-state index contributed by atoms with van der Waals surface area (Å²) < 4.78 is 18.3. The van der Waals surface area contributed by atoms with Crippen LogP contribution in [0.1, 0.15) is 24.0 Å². The summed E-state index contributed by atoms with van der Waals surface area (Å²) in [6.07, 6.45) is 1.66. The molecule has 0 radical (unpaired) electrons. The van der Waals surface area contributed by atoms with Crippen molar-refractivity contribution in [3.05, 3.63) is 77.1 Å². The number of methoxy groups -OCH3 is 1. The topological polar surface area (TPSA) is 46.5 Å². The minimum absolute atomic E-state index is 0.233. The van der Waals surface area contributed by atoms with E-state index in [9.17, 15) is 9.18 Å². The predicted octanol–water partition coefficient (Wildman–Crippen LogP) is 4.00. The lowest BCUT2D eigenvalue weighted by Gasteiger charge is -2.16. The third-order valence-corrected chi connectivity index (χ3v) is 3.44. The van der Waals surface area contributed by atoms with Crippen LogP contribution in [-0.2, 0) is 4.79 Å². The molecule has 114 valence electrons. The molecule has 1 atom stereocenters. The second kappa shape index (κ2) is 6.89. The van der Waals surface area contributed by atoms with E-state index in [1.54, 1.807) is 32.2 Å². The van der Waals surface area contributed by atoms with Crippen LogP contribution in [0.2, 0.25) is 0 Å². The summed E-state index contributed by atoms with van der Waals surface area (Å²) in [6.45, 7) is 1.54. The van der Waals surface area contributed by atoms with Crippen LogP contribution < -0.4 is 4.74 Å². The maximum Gasteiger partial charge on any atom is 0.330 e. The van der Waals surface area contributed by atoms with E-state index >= 15 is 0 Å². The molecule has 2 aromatic carbocycles. The van der Waals surface area contributed by atoms with Crippen molar-refractivity contribution in [2.75, 3.05) is 7.11 Å². The fourth-order valence-electron chi connectivity index (χ4n) is 2.21. The number of carboxylic acid groups (broad SMARTS) is 1. The number of carboxylic acids is 1. The number of ether oxygens (including phenoxy) is 1. The van der Waals surface area contributed by atoms with Gasteiger partial charge in [0.2, 0.25) is 0 Å². The van der Waals surface area contributed by atoms with Crippen molar-refractivity contribution < 1.29 is 19.0 Å². The number of allylic oxidation sites excluding steroid dienone is 1. The van der Waals surface area contributed by atoms with E-state index in [1.165, 1.54) is 12.1 Å². The van der Waals surface area contributed by atoms with Crippen molar-refractivity contribution >= 4 is 5.97 Å². The fraction of sp³-hybridized carbons (Fsp3) is 0.167. The van der Waals surface area contributed by atoms with Gasteiger partial charge in [0.25, 0.3) is 0 Å². The molecule has 1 N–H and O–H groups in total. The standard InChI is InChI=1S/C18H17FO3/c1-12(18(20)21)10-17(13-6-8-15(19)9-7-13)14-4-3-5-16(11-14)22-2/h3-11,17H,1-2H3,(H,20,21)/b12-10+. The first-order valence-corrected chi connectivity index (χ1v) is 6.82. The Labute approximate surface area is 128 Å². The van der Waals surface area contributed by atoms with E-state index < -0.39 is 5.97 Å². The molecular formula is C18H17FO3.